The molecule has 29 heavy (non-hydrogen) atoms. The van der Waals surface area contributed by atoms with Crippen LogP contribution in [0.25, 0.3) is 0 Å². The number of amides is 2. The largest absolute Gasteiger partial charge is 0.361 e. The molecule has 1 aromatic carbocycles. The third kappa shape index (κ3) is 4.46. The van der Waals surface area contributed by atoms with Crippen molar-refractivity contribution in [3.63, 3.8) is 0 Å². The minimum Gasteiger partial charge on any atom is -0.361 e. The summed E-state index contributed by atoms with van der Waals surface area (Å²) in [5, 5.41) is 4.95. The zero-order valence-electron chi connectivity index (χ0n) is 16.9. The van der Waals surface area contributed by atoms with E-state index in [4.69, 9.17) is 4.74 Å². The molecule has 2 amide bonds. The fourth-order valence-electron chi connectivity index (χ4n) is 3.84. The van der Waals surface area contributed by atoms with Crippen LogP contribution in [-0.4, -0.2) is 68.2 Å². The number of benzene rings is 1. The van der Waals surface area contributed by atoms with E-state index < -0.39 is 32.7 Å². The van der Waals surface area contributed by atoms with Crippen LogP contribution in [0.15, 0.2) is 30.3 Å². The molecule has 0 saturated carbocycles. The molecular formula is C20H29N3O5S. The van der Waals surface area contributed by atoms with E-state index in [1.165, 1.54) is 9.87 Å². The Morgan fingerprint density at radius 2 is 2.07 bits per heavy atom. The molecule has 0 bridgehead atoms. The van der Waals surface area contributed by atoms with Gasteiger partial charge in [0.1, 0.15) is 0 Å². The monoisotopic (exact) mass is 423 g/mol. The number of sulfonamides is 1. The summed E-state index contributed by atoms with van der Waals surface area (Å²) >= 11 is 0. The number of ether oxygens (including phenoxy) is 1. The Balaban J connectivity index is 1.68. The third-order valence-electron chi connectivity index (χ3n) is 5.55. The van der Waals surface area contributed by atoms with Gasteiger partial charge in [0.2, 0.25) is 15.9 Å². The summed E-state index contributed by atoms with van der Waals surface area (Å²) in [5.74, 6) is -1.65. The number of nitrogens with zero attached hydrogens (tertiary/aromatic N) is 1. The van der Waals surface area contributed by atoms with Crippen LogP contribution < -0.4 is 10.6 Å². The normalized spacial score (nSPS) is 25.3. The summed E-state index contributed by atoms with van der Waals surface area (Å²) in [6.45, 7) is 4.02. The van der Waals surface area contributed by atoms with Crippen LogP contribution in [0.5, 0.6) is 0 Å². The van der Waals surface area contributed by atoms with Crippen molar-refractivity contribution >= 4 is 21.8 Å². The average molecular weight is 424 g/mol. The lowest BCUT2D eigenvalue weighted by atomic mass is 9.87. The van der Waals surface area contributed by atoms with E-state index in [1.807, 2.05) is 30.3 Å². The summed E-state index contributed by atoms with van der Waals surface area (Å²) in [7, 11) is -3.61. The van der Waals surface area contributed by atoms with Crippen molar-refractivity contribution in [3.05, 3.63) is 35.9 Å². The maximum Gasteiger partial charge on any atom is 0.254 e. The van der Waals surface area contributed by atoms with Crippen molar-refractivity contribution < 1.29 is 22.7 Å². The van der Waals surface area contributed by atoms with Gasteiger partial charge in [0.25, 0.3) is 5.91 Å². The van der Waals surface area contributed by atoms with Crippen LogP contribution in [0.1, 0.15) is 25.8 Å². The lowest BCUT2D eigenvalue weighted by Gasteiger charge is -2.36. The first-order valence-electron chi connectivity index (χ1n) is 10.0. The van der Waals surface area contributed by atoms with Gasteiger partial charge in [-0.3, -0.25) is 9.59 Å². The Labute approximate surface area is 172 Å². The van der Waals surface area contributed by atoms with Gasteiger partial charge in [-0.25, -0.2) is 8.42 Å². The molecule has 0 aromatic heterocycles. The molecule has 2 N–H and O–H groups in total. The molecule has 160 valence electrons. The molecule has 3 rings (SSSR count). The van der Waals surface area contributed by atoms with E-state index in [0.717, 1.165) is 12.8 Å². The molecule has 2 aliphatic heterocycles. The Morgan fingerprint density at radius 1 is 1.34 bits per heavy atom. The van der Waals surface area contributed by atoms with Crippen molar-refractivity contribution in [1.29, 1.82) is 0 Å². The van der Waals surface area contributed by atoms with Crippen LogP contribution in [0.2, 0.25) is 0 Å². The van der Waals surface area contributed by atoms with Crippen molar-refractivity contribution in [2.24, 2.45) is 5.92 Å². The van der Waals surface area contributed by atoms with E-state index >= 15 is 0 Å². The fourth-order valence-corrected chi connectivity index (χ4v) is 5.16. The topological polar surface area (TPSA) is 105 Å². The van der Waals surface area contributed by atoms with Crippen molar-refractivity contribution in [2.45, 2.75) is 37.5 Å². The van der Waals surface area contributed by atoms with Gasteiger partial charge in [0.15, 0.2) is 5.60 Å². The molecule has 9 heteroatoms. The van der Waals surface area contributed by atoms with Crippen molar-refractivity contribution in [3.8, 4) is 0 Å². The molecule has 2 heterocycles. The molecule has 8 nitrogen and oxygen atoms in total. The maximum atomic E-state index is 12.9. The maximum absolute atomic E-state index is 12.9. The predicted molar refractivity (Wildman–Crippen MR) is 109 cm³/mol. The average Bonchev–Trinajstić information content (AvgIpc) is 3.09. The second-order valence-electron chi connectivity index (χ2n) is 7.81. The second-order valence-corrected chi connectivity index (χ2v) is 10.3. The fraction of sp³-hybridized carbons (Fsp3) is 0.600. The SMILES string of the molecule is CC(C)S(=O)(=O)N1C[C@H](C(=O)NCCCc2ccccc2)[C@@]2(C1)OCCNC2=O. The first-order chi connectivity index (χ1) is 13.8. The predicted octanol–water partition coefficient (Wildman–Crippen LogP) is 0.291. The zero-order chi connectivity index (χ0) is 21.1. The second kappa shape index (κ2) is 8.81. The summed E-state index contributed by atoms with van der Waals surface area (Å²) in [6.07, 6.45) is 1.57. The van der Waals surface area contributed by atoms with E-state index in [9.17, 15) is 18.0 Å². The number of rotatable bonds is 7. The molecule has 2 aliphatic rings. The molecule has 1 spiro atoms. The molecule has 2 saturated heterocycles. The Bertz CT molecular complexity index is 843. The van der Waals surface area contributed by atoms with Crippen LogP contribution >= 0.6 is 0 Å². The van der Waals surface area contributed by atoms with Crippen molar-refractivity contribution in [2.75, 3.05) is 32.8 Å². The highest BCUT2D eigenvalue weighted by Gasteiger charge is 2.59. The van der Waals surface area contributed by atoms with Gasteiger partial charge in [0.05, 0.1) is 24.3 Å². The molecule has 0 aliphatic carbocycles. The van der Waals surface area contributed by atoms with Crippen molar-refractivity contribution in [1.82, 2.24) is 14.9 Å². The Kier molecular flexibility index (Phi) is 6.60. The van der Waals surface area contributed by atoms with Crippen LogP contribution in [0.3, 0.4) is 0 Å². The van der Waals surface area contributed by atoms with Gasteiger partial charge in [-0.15, -0.1) is 0 Å². The molecule has 2 fully saturated rings. The summed E-state index contributed by atoms with van der Waals surface area (Å²) in [5.41, 5.74) is -0.285. The highest BCUT2D eigenvalue weighted by atomic mass is 32.2. The van der Waals surface area contributed by atoms with Crippen LogP contribution in [-0.2, 0) is 30.8 Å². The summed E-state index contributed by atoms with van der Waals surface area (Å²) in [6, 6.07) is 9.96. The first kappa shape index (κ1) is 21.7. The summed E-state index contributed by atoms with van der Waals surface area (Å²) in [4.78, 5) is 25.6. The molecular weight excluding hydrogens is 394 g/mol. The molecule has 2 atom stereocenters. The number of aryl methyl sites for hydroxylation is 1. The number of hydrogen-bond acceptors (Lipinski definition) is 5. The number of morpholine rings is 1. The number of carbonyl (C=O) groups is 2. The number of hydrogen-bond donors (Lipinski definition) is 2. The van der Waals surface area contributed by atoms with E-state index in [-0.39, 0.29) is 25.6 Å². The Morgan fingerprint density at radius 3 is 2.72 bits per heavy atom. The first-order valence-corrected chi connectivity index (χ1v) is 11.5. The van der Waals surface area contributed by atoms with Gasteiger partial charge >= 0.3 is 0 Å². The van der Waals surface area contributed by atoms with Gasteiger partial charge in [-0.05, 0) is 32.3 Å². The van der Waals surface area contributed by atoms with Crippen LogP contribution in [0, 0.1) is 5.92 Å². The highest BCUT2D eigenvalue weighted by Crippen LogP contribution is 2.35. The summed E-state index contributed by atoms with van der Waals surface area (Å²) < 4.78 is 32.3. The molecule has 0 unspecified atom stereocenters. The van der Waals surface area contributed by atoms with Gasteiger partial charge in [0, 0.05) is 19.6 Å². The zero-order valence-corrected chi connectivity index (χ0v) is 17.7. The Hall–Kier alpha value is -1.97. The molecule has 0 radical (unpaired) electrons. The van der Waals surface area contributed by atoms with E-state index in [2.05, 4.69) is 10.6 Å². The quantitative estimate of drug-likeness (QED) is 0.614. The van der Waals surface area contributed by atoms with Gasteiger partial charge in [-0.1, -0.05) is 30.3 Å². The van der Waals surface area contributed by atoms with Crippen LogP contribution in [0.4, 0.5) is 0 Å². The lowest BCUT2D eigenvalue weighted by Crippen LogP contribution is -2.62. The highest BCUT2D eigenvalue weighted by molar-refractivity contribution is 7.89. The molecule has 1 aromatic rings. The van der Waals surface area contributed by atoms with Gasteiger partial charge < -0.3 is 15.4 Å². The minimum absolute atomic E-state index is 0.0571. The lowest BCUT2D eigenvalue weighted by molar-refractivity contribution is -0.163. The van der Waals surface area contributed by atoms with E-state index in [0.29, 0.717) is 13.1 Å². The van der Waals surface area contributed by atoms with E-state index in [1.54, 1.807) is 13.8 Å². The van der Waals surface area contributed by atoms with Gasteiger partial charge in [-0.2, -0.15) is 4.31 Å². The number of carbonyl (C=O) groups excluding carboxylic acids is 2. The third-order valence-corrected chi connectivity index (χ3v) is 7.74. The minimum atomic E-state index is -3.61. The standard InChI is InChI=1S/C20H29N3O5S/c1-15(2)29(26,27)23-13-17(20(14-23)19(25)22-11-12-28-20)18(24)21-10-6-9-16-7-4-3-5-8-16/h3-5,7-8,15,17H,6,9-14H2,1-2H3,(H,21,24)(H,22,25)/t17-,20-/m1/s1. The number of nitrogens with one attached hydrogen (secondary N) is 2. The smallest absolute Gasteiger partial charge is 0.254 e.